The number of rotatable bonds is 7. The van der Waals surface area contributed by atoms with Gasteiger partial charge in [-0.05, 0) is 68.2 Å². The molecule has 0 saturated carbocycles. The molecule has 9 heteroatoms. The smallest absolute Gasteiger partial charge is 0.255 e. The highest BCUT2D eigenvalue weighted by Gasteiger charge is 2.21. The lowest BCUT2D eigenvalue weighted by Crippen LogP contribution is -2.47. The van der Waals surface area contributed by atoms with Gasteiger partial charge in [-0.3, -0.25) is 19.2 Å². The Morgan fingerprint density at radius 3 is 1.43 bits per heavy atom. The summed E-state index contributed by atoms with van der Waals surface area (Å²) in [5.74, 6) is -0.352. The first-order valence-corrected chi connectivity index (χ1v) is 14.4. The van der Waals surface area contributed by atoms with Crippen molar-refractivity contribution in [3.8, 4) is 0 Å². The minimum atomic E-state index is -0.298. The largest absolute Gasteiger partial charge is 0.336 e. The molecule has 2 saturated heterocycles. The van der Waals surface area contributed by atoms with E-state index in [4.69, 9.17) is 0 Å². The first-order valence-electron chi connectivity index (χ1n) is 14.4. The van der Waals surface area contributed by atoms with Gasteiger partial charge < -0.3 is 24.9 Å². The minimum absolute atomic E-state index is 0.00341. The van der Waals surface area contributed by atoms with Crippen molar-refractivity contribution in [3.63, 3.8) is 0 Å². The molecule has 2 aliphatic heterocycles. The predicted octanol–water partition coefficient (Wildman–Crippen LogP) is 3.14. The van der Waals surface area contributed by atoms with Crippen LogP contribution in [-0.2, 0) is 6.42 Å². The van der Waals surface area contributed by atoms with E-state index in [-0.39, 0.29) is 29.9 Å². The fourth-order valence-electron chi connectivity index (χ4n) is 5.14. The topological polar surface area (TPSA) is 93.3 Å². The third-order valence-electron chi connectivity index (χ3n) is 8.01. The SMILES string of the molecule is CN1CCN(C(=O)c2ccc(CC(=O)c3ccc(C(=O)Nc4ccc(C(=O)N5CCN(C)CC5)cc4)cc3)cc2)CC1. The van der Waals surface area contributed by atoms with Crippen molar-refractivity contribution in [3.05, 3.63) is 101 Å². The Labute approximate surface area is 246 Å². The normalized spacial score (nSPS) is 16.2. The highest BCUT2D eigenvalue weighted by Crippen LogP contribution is 2.16. The van der Waals surface area contributed by atoms with Gasteiger partial charge in [-0.2, -0.15) is 0 Å². The maximum atomic E-state index is 12.9. The number of carbonyl (C=O) groups excluding carboxylic acids is 4. The van der Waals surface area contributed by atoms with Gasteiger partial charge in [-0.25, -0.2) is 0 Å². The molecular weight excluding hydrogens is 530 g/mol. The average Bonchev–Trinajstić information content (AvgIpc) is 3.02. The van der Waals surface area contributed by atoms with Crippen LogP contribution in [0.3, 0.4) is 0 Å². The van der Waals surface area contributed by atoms with Crippen LogP contribution in [0.4, 0.5) is 5.69 Å². The number of hydrogen-bond acceptors (Lipinski definition) is 6. The van der Waals surface area contributed by atoms with E-state index in [1.165, 1.54) is 0 Å². The van der Waals surface area contributed by atoms with Crippen LogP contribution in [0.2, 0.25) is 0 Å². The average molecular weight is 568 g/mol. The maximum absolute atomic E-state index is 12.9. The molecule has 3 aromatic rings. The van der Waals surface area contributed by atoms with E-state index in [1.54, 1.807) is 60.7 Å². The molecule has 2 heterocycles. The molecule has 218 valence electrons. The maximum Gasteiger partial charge on any atom is 0.255 e. The molecule has 0 bridgehead atoms. The van der Waals surface area contributed by atoms with Gasteiger partial charge >= 0.3 is 0 Å². The summed E-state index contributed by atoms with van der Waals surface area (Å²) in [7, 11) is 4.10. The van der Waals surface area contributed by atoms with E-state index in [0.29, 0.717) is 54.1 Å². The van der Waals surface area contributed by atoms with Crippen molar-refractivity contribution in [2.75, 3.05) is 71.8 Å². The van der Waals surface area contributed by atoms with Gasteiger partial charge in [0.05, 0.1) is 0 Å². The molecule has 42 heavy (non-hydrogen) atoms. The van der Waals surface area contributed by atoms with Crippen LogP contribution >= 0.6 is 0 Å². The molecule has 3 amide bonds. The van der Waals surface area contributed by atoms with Crippen LogP contribution in [0.15, 0.2) is 72.8 Å². The summed E-state index contributed by atoms with van der Waals surface area (Å²) >= 11 is 0. The number of hydrogen-bond donors (Lipinski definition) is 1. The van der Waals surface area contributed by atoms with Crippen LogP contribution in [0.1, 0.15) is 47.0 Å². The number of anilines is 1. The van der Waals surface area contributed by atoms with Gasteiger partial charge in [-0.15, -0.1) is 0 Å². The summed E-state index contributed by atoms with van der Waals surface area (Å²) < 4.78 is 0. The van der Waals surface area contributed by atoms with E-state index < -0.39 is 0 Å². The molecule has 0 spiro atoms. The van der Waals surface area contributed by atoms with E-state index >= 15 is 0 Å². The van der Waals surface area contributed by atoms with Crippen molar-refractivity contribution < 1.29 is 19.2 Å². The number of piperazine rings is 2. The Balaban J connectivity index is 1.12. The quantitative estimate of drug-likeness (QED) is 0.441. The number of Topliss-reactive ketones (excluding diaryl/α,β-unsaturated/α-hetero) is 1. The monoisotopic (exact) mass is 567 g/mol. The van der Waals surface area contributed by atoms with Gasteiger partial charge in [0.15, 0.2) is 5.78 Å². The molecule has 0 atom stereocenters. The number of carbonyl (C=O) groups is 4. The van der Waals surface area contributed by atoms with Crippen molar-refractivity contribution in [1.29, 1.82) is 0 Å². The van der Waals surface area contributed by atoms with Crippen LogP contribution in [-0.4, -0.2) is 110 Å². The van der Waals surface area contributed by atoms with Crippen LogP contribution in [0.25, 0.3) is 0 Å². The van der Waals surface area contributed by atoms with E-state index in [2.05, 4.69) is 22.2 Å². The number of ketones is 1. The second kappa shape index (κ2) is 13.1. The highest BCUT2D eigenvalue weighted by atomic mass is 16.2. The lowest BCUT2D eigenvalue weighted by molar-refractivity contribution is 0.0657. The van der Waals surface area contributed by atoms with Crippen molar-refractivity contribution in [1.82, 2.24) is 19.6 Å². The number of nitrogens with one attached hydrogen (secondary N) is 1. The molecule has 5 rings (SSSR count). The second-order valence-corrected chi connectivity index (χ2v) is 11.1. The zero-order valence-corrected chi connectivity index (χ0v) is 24.2. The van der Waals surface area contributed by atoms with E-state index in [9.17, 15) is 19.2 Å². The third kappa shape index (κ3) is 7.10. The summed E-state index contributed by atoms with van der Waals surface area (Å²) in [6, 6.07) is 20.7. The van der Waals surface area contributed by atoms with Gasteiger partial charge in [0.1, 0.15) is 0 Å². The van der Waals surface area contributed by atoms with Crippen LogP contribution in [0.5, 0.6) is 0 Å². The van der Waals surface area contributed by atoms with Crippen molar-refractivity contribution in [2.24, 2.45) is 0 Å². The molecule has 9 nitrogen and oxygen atoms in total. The van der Waals surface area contributed by atoms with E-state index in [0.717, 1.165) is 31.7 Å². The first kappa shape index (κ1) is 29.2. The Hall–Kier alpha value is -4.34. The number of nitrogens with zero attached hydrogens (tertiary/aromatic N) is 4. The number of likely N-dealkylation sites (N-methyl/N-ethyl adjacent to an activating group) is 2. The summed E-state index contributed by atoms with van der Waals surface area (Å²) in [6.07, 6.45) is 0.202. The second-order valence-electron chi connectivity index (χ2n) is 11.1. The summed E-state index contributed by atoms with van der Waals surface area (Å²) in [4.78, 5) is 59.3. The minimum Gasteiger partial charge on any atom is -0.336 e. The predicted molar refractivity (Wildman–Crippen MR) is 162 cm³/mol. The van der Waals surface area contributed by atoms with Crippen molar-refractivity contribution in [2.45, 2.75) is 6.42 Å². The Bertz CT molecular complexity index is 1310. The molecule has 2 fully saturated rings. The Kier molecular flexibility index (Phi) is 9.09. The van der Waals surface area contributed by atoms with Gasteiger partial charge in [0.2, 0.25) is 0 Å². The van der Waals surface area contributed by atoms with E-state index in [1.807, 2.05) is 29.0 Å². The van der Waals surface area contributed by atoms with Gasteiger partial charge in [-0.1, -0.05) is 24.3 Å². The zero-order chi connectivity index (χ0) is 29.6. The summed E-state index contributed by atoms with van der Waals surface area (Å²) in [5, 5.41) is 2.85. The molecule has 3 aromatic carbocycles. The lowest BCUT2D eigenvalue weighted by Gasteiger charge is -2.32. The highest BCUT2D eigenvalue weighted by molar-refractivity contribution is 6.05. The summed E-state index contributed by atoms with van der Waals surface area (Å²) in [6.45, 7) is 6.29. The van der Waals surface area contributed by atoms with Crippen LogP contribution in [0, 0.1) is 0 Å². The molecule has 2 aliphatic rings. The Morgan fingerprint density at radius 2 is 0.952 bits per heavy atom. The molecule has 0 aromatic heterocycles. The fourth-order valence-corrected chi connectivity index (χ4v) is 5.14. The first-order chi connectivity index (χ1) is 20.3. The molecular formula is C33H37N5O4. The van der Waals surface area contributed by atoms with Crippen molar-refractivity contribution >= 4 is 29.2 Å². The van der Waals surface area contributed by atoms with Crippen LogP contribution < -0.4 is 5.32 Å². The fraction of sp³-hybridized carbons (Fsp3) is 0.333. The molecule has 0 unspecified atom stereocenters. The van der Waals surface area contributed by atoms with Gasteiger partial charge in [0, 0.05) is 86.7 Å². The Morgan fingerprint density at radius 1 is 0.548 bits per heavy atom. The molecule has 0 aliphatic carbocycles. The summed E-state index contributed by atoms with van der Waals surface area (Å²) in [5.41, 5.74) is 3.57. The standard InChI is InChI=1S/C33H37N5O4/c1-35-15-19-37(20-16-35)32(41)27-5-3-24(4-6-27)23-30(39)25-7-9-26(10-8-25)31(40)34-29-13-11-28(12-14-29)33(42)38-21-17-36(2)18-22-38/h3-14H,15-23H2,1-2H3,(H,34,40). The molecule has 0 radical (unpaired) electrons. The number of amides is 3. The lowest BCUT2D eigenvalue weighted by atomic mass is 10.0. The molecule has 1 N–H and O–H groups in total. The third-order valence-corrected chi connectivity index (χ3v) is 8.01. The zero-order valence-electron chi connectivity index (χ0n) is 24.2. The number of benzene rings is 3. The van der Waals surface area contributed by atoms with Gasteiger partial charge in [0.25, 0.3) is 17.7 Å².